The van der Waals surface area contributed by atoms with Gasteiger partial charge in [-0.1, -0.05) is 56.8 Å². The first-order chi connectivity index (χ1) is 8.52. The van der Waals surface area contributed by atoms with E-state index in [9.17, 15) is 4.39 Å². The van der Waals surface area contributed by atoms with E-state index in [0.717, 1.165) is 11.1 Å². The van der Waals surface area contributed by atoms with E-state index < -0.39 is 0 Å². The summed E-state index contributed by atoms with van der Waals surface area (Å²) in [5, 5.41) is 1.73. The molecule has 0 aliphatic heterocycles. The Morgan fingerprint density at radius 2 is 1.61 bits per heavy atom. The zero-order valence-electron chi connectivity index (χ0n) is 8.98. The van der Waals surface area contributed by atoms with Gasteiger partial charge in [0.05, 0.1) is 10.0 Å². The highest BCUT2D eigenvalue weighted by atomic mass is 79.9. The zero-order chi connectivity index (χ0) is 13.3. The minimum absolute atomic E-state index is 0.258. The summed E-state index contributed by atoms with van der Waals surface area (Å²) in [6.07, 6.45) is 0. The summed E-state index contributed by atoms with van der Waals surface area (Å²) in [7, 11) is 0. The van der Waals surface area contributed by atoms with E-state index in [0.29, 0.717) is 26.0 Å². The van der Waals surface area contributed by atoms with Gasteiger partial charge in [0, 0.05) is 15.9 Å². The fourth-order valence-corrected chi connectivity index (χ4v) is 2.67. The molecule has 2 aromatic carbocycles. The molecule has 5 heteroatoms. The monoisotopic (exact) mass is 366 g/mol. The van der Waals surface area contributed by atoms with Crippen LogP contribution >= 0.6 is 50.7 Å². The van der Waals surface area contributed by atoms with Gasteiger partial charge in [0.15, 0.2) is 0 Å². The molecule has 2 rings (SSSR count). The Kier molecular flexibility index (Phi) is 4.54. The lowest BCUT2D eigenvalue weighted by Gasteiger charge is -2.08. The third-order valence-electron chi connectivity index (χ3n) is 2.51. The van der Waals surface area contributed by atoms with E-state index in [1.807, 2.05) is 0 Å². The Bertz CT molecular complexity index is 599. The molecule has 0 radical (unpaired) electrons. The standard InChI is InChI=1S/C13H7BrCl3F/c14-6-8-3-7(1-2-13(8)18)9-4-11(16)12(17)5-10(9)15/h1-5H,6H2. The fraction of sp³-hybridized carbons (Fsp3) is 0.0769. The van der Waals surface area contributed by atoms with Crippen molar-refractivity contribution in [2.75, 3.05) is 0 Å². The molecule has 0 unspecified atom stereocenters. The van der Waals surface area contributed by atoms with Crippen molar-refractivity contribution in [1.29, 1.82) is 0 Å². The second kappa shape index (κ2) is 5.79. The van der Waals surface area contributed by atoms with Gasteiger partial charge in [0.25, 0.3) is 0 Å². The Morgan fingerprint density at radius 1 is 0.944 bits per heavy atom. The van der Waals surface area contributed by atoms with Gasteiger partial charge in [0.1, 0.15) is 5.82 Å². The average molecular weight is 368 g/mol. The molecule has 0 atom stereocenters. The molecule has 0 nitrogen and oxygen atoms in total. The van der Waals surface area contributed by atoms with E-state index in [1.54, 1.807) is 24.3 Å². The van der Waals surface area contributed by atoms with Crippen molar-refractivity contribution < 1.29 is 4.39 Å². The fourth-order valence-electron chi connectivity index (χ4n) is 1.59. The van der Waals surface area contributed by atoms with Crippen LogP contribution in [0.2, 0.25) is 15.1 Å². The van der Waals surface area contributed by atoms with Gasteiger partial charge in [-0.05, 0) is 35.4 Å². The summed E-state index contributed by atoms with van der Waals surface area (Å²) < 4.78 is 13.4. The Labute approximate surface area is 128 Å². The minimum atomic E-state index is -0.258. The molecule has 0 aliphatic carbocycles. The lowest BCUT2D eigenvalue weighted by atomic mass is 10.0. The first-order valence-corrected chi connectivity index (χ1v) is 7.27. The zero-order valence-corrected chi connectivity index (χ0v) is 12.8. The highest BCUT2D eigenvalue weighted by Gasteiger charge is 2.10. The summed E-state index contributed by atoms with van der Waals surface area (Å²) in [5.74, 6) is -0.258. The number of rotatable bonds is 2. The maximum atomic E-state index is 13.4. The predicted molar refractivity (Wildman–Crippen MR) is 79.5 cm³/mol. The largest absolute Gasteiger partial charge is 0.207 e. The maximum absolute atomic E-state index is 13.4. The summed E-state index contributed by atoms with van der Waals surface area (Å²) >= 11 is 21.2. The lowest BCUT2D eigenvalue weighted by molar-refractivity contribution is 0.618. The Balaban J connectivity index is 2.58. The van der Waals surface area contributed by atoms with Crippen LogP contribution in [0.25, 0.3) is 11.1 Å². The van der Waals surface area contributed by atoms with Crippen LogP contribution in [0.1, 0.15) is 5.56 Å². The maximum Gasteiger partial charge on any atom is 0.127 e. The molecule has 0 N–H and O–H groups in total. The molecule has 0 fully saturated rings. The van der Waals surface area contributed by atoms with Gasteiger partial charge < -0.3 is 0 Å². The highest BCUT2D eigenvalue weighted by Crippen LogP contribution is 2.35. The van der Waals surface area contributed by atoms with Crippen LogP contribution in [0.15, 0.2) is 30.3 Å². The Hall–Kier alpha value is -0.280. The van der Waals surface area contributed by atoms with E-state index in [4.69, 9.17) is 34.8 Å². The van der Waals surface area contributed by atoms with Crippen molar-refractivity contribution in [3.63, 3.8) is 0 Å². The molecule has 0 heterocycles. The minimum Gasteiger partial charge on any atom is -0.207 e. The van der Waals surface area contributed by atoms with Crippen LogP contribution < -0.4 is 0 Å². The molecule has 94 valence electrons. The molecule has 0 aromatic heterocycles. The normalized spacial score (nSPS) is 10.7. The van der Waals surface area contributed by atoms with Crippen molar-refractivity contribution >= 4 is 50.7 Å². The molecule has 0 saturated carbocycles. The smallest absolute Gasteiger partial charge is 0.127 e. The molecule has 2 aromatic rings. The quantitative estimate of drug-likeness (QED) is 0.428. The van der Waals surface area contributed by atoms with Gasteiger partial charge in [-0.15, -0.1) is 0 Å². The number of hydrogen-bond acceptors (Lipinski definition) is 0. The molecule has 0 saturated heterocycles. The van der Waals surface area contributed by atoms with Gasteiger partial charge in [-0.2, -0.15) is 0 Å². The second-order valence-electron chi connectivity index (χ2n) is 3.69. The number of halogens is 5. The van der Waals surface area contributed by atoms with Crippen LogP contribution in [-0.2, 0) is 5.33 Å². The SMILES string of the molecule is Fc1ccc(-c2cc(Cl)c(Cl)cc2Cl)cc1CBr. The first-order valence-electron chi connectivity index (χ1n) is 5.02. The van der Waals surface area contributed by atoms with Crippen LogP contribution in [0.4, 0.5) is 4.39 Å². The number of hydrogen-bond donors (Lipinski definition) is 0. The molecular formula is C13H7BrCl3F. The van der Waals surface area contributed by atoms with E-state index >= 15 is 0 Å². The van der Waals surface area contributed by atoms with Crippen molar-refractivity contribution in [1.82, 2.24) is 0 Å². The van der Waals surface area contributed by atoms with E-state index in [-0.39, 0.29) is 5.82 Å². The van der Waals surface area contributed by atoms with Crippen molar-refractivity contribution in [2.24, 2.45) is 0 Å². The van der Waals surface area contributed by atoms with Gasteiger partial charge in [-0.3, -0.25) is 0 Å². The molecule has 0 spiro atoms. The van der Waals surface area contributed by atoms with E-state index in [1.165, 1.54) is 6.07 Å². The predicted octanol–water partition coefficient (Wildman–Crippen LogP) is 6.35. The molecule has 0 aliphatic rings. The third-order valence-corrected chi connectivity index (χ3v) is 4.15. The van der Waals surface area contributed by atoms with Crippen molar-refractivity contribution in [2.45, 2.75) is 5.33 Å². The van der Waals surface area contributed by atoms with Crippen molar-refractivity contribution in [3.8, 4) is 11.1 Å². The van der Waals surface area contributed by atoms with Crippen LogP contribution in [0.3, 0.4) is 0 Å². The topological polar surface area (TPSA) is 0 Å². The number of alkyl halides is 1. The summed E-state index contributed by atoms with van der Waals surface area (Å²) in [6.45, 7) is 0. The van der Waals surface area contributed by atoms with Crippen LogP contribution in [0, 0.1) is 5.82 Å². The lowest BCUT2D eigenvalue weighted by Crippen LogP contribution is -1.88. The summed E-state index contributed by atoms with van der Waals surface area (Å²) in [5.41, 5.74) is 2.09. The van der Waals surface area contributed by atoms with Crippen LogP contribution in [-0.4, -0.2) is 0 Å². The van der Waals surface area contributed by atoms with E-state index in [2.05, 4.69) is 15.9 Å². The van der Waals surface area contributed by atoms with Crippen LogP contribution in [0.5, 0.6) is 0 Å². The molecule has 0 bridgehead atoms. The van der Waals surface area contributed by atoms with Crippen molar-refractivity contribution in [3.05, 3.63) is 56.8 Å². The molecule has 18 heavy (non-hydrogen) atoms. The summed E-state index contributed by atoms with van der Waals surface area (Å²) in [4.78, 5) is 0. The second-order valence-corrected chi connectivity index (χ2v) is 5.47. The molecular weight excluding hydrogens is 361 g/mol. The average Bonchev–Trinajstić information content (AvgIpc) is 2.35. The highest BCUT2D eigenvalue weighted by molar-refractivity contribution is 9.08. The molecule has 0 amide bonds. The summed E-state index contributed by atoms with van der Waals surface area (Å²) in [6, 6.07) is 8.06. The van der Waals surface area contributed by atoms with Gasteiger partial charge in [-0.25, -0.2) is 4.39 Å². The van der Waals surface area contributed by atoms with Gasteiger partial charge >= 0.3 is 0 Å². The van der Waals surface area contributed by atoms with Gasteiger partial charge in [0.2, 0.25) is 0 Å². The Morgan fingerprint density at radius 3 is 2.28 bits per heavy atom. The number of benzene rings is 2. The first kappa shape index (κ1) is 14.1. The third kappa shape index (κ3) is 2.83.